The normalized spacial score (nSPS) is 18.1. The van der Waals surface area contributed by atoms with Crippen LogP contribution < -0.4 is 10.6 Å². The Hall–Kier alpha value is -2.21. The minimum Gasteiger partial charge on any atom is -0.448 e. The van der Waals surface area contributed by atoms with Gasteiger partial charge in [-0.3, -0.25) is 4.79 Å². The molecule has 1 aliphatic heterocycles. The predicted octanol–water partition coefficient (Wildman–Crippen LogP) is 2.21. The van der Waals surface area contributed by atoms with Gasteiger partial charge >= 0.3 is 0 Å². The van der Waals surface area contributed by atoms with Crippen molar-refractivity contribution in [3.63, 3.8) is 0 Å². The van der Waals surface area contributed by atoms with Gasteiger partial charge in [-0.05, 0) is 37.1 Å². The lowest BCUT2D eigenvalue weighted by molar-refractivity contribution is 0.0946. The standard InChI is InChI=1S/C16H18FN3O2/c17-13-5-3-11(4-6-13)8-19-15(21)14-10-22-16(20-14)12-2-1-7-18-9-12/h3-6,10,12,18H,1-2,7-9H2,(H,19,21). The summed E-state index contributed by atoms with van der Waals surface area (Å²) in [6, 6.07) is 6.01. The zero-order chi connectivity index (χ0) is 15.4. The van der Waals surface area contributed by atoms with Crippen molar-refractivity contribution >= 4 is 5.91 Å². The lowest BCUT2D eigenvalue weighted by Crippen LogP contribution is -2.28. The summed E-state index contributed by atoms with van der Waals surface area (Å²) in [6.45, 7) is 2.17. The van der Waals surface area contributed by atoms with Crippen molar-refractivity contribution in [2.75, 3.05) is 13.1 Å². The molecule has 1 aromatic carbocycles. The predicted molar refractivity (Wildman–Crippen MR) is 78.9 cm³/mol. The lowest BCUT2D eigenvalue weighted by Gasteiger charge is -2.19. The minimum atomic E-state index is -0.294. The Morgan fingerprint density at radius 2 is 2.23 bits per heavy atom. The molecule has 0 saturated carbocycles. The molecule has 3 rings (SSSR count). The fourth-order valence-electron chi connectivity index (χ4n) is 2.52. The Balaban J connectivity index is 1.58. The number of carbonyl (C=O) groups excluding carboxylic acids is 1. The Bertz CT molecular complexity index is 633. The van der Waals surface area contributed by atoms with E-state index in [0.717, 1.165) is 31.5 Å². The molecule has 6 heteroatoms. The first-order chi connectivity index (χ1) is 10.7. The summed E-state index contributed by atoms with van der Waals surface area (Å²) >= 11 is 0. The van der Waals surface area contributed by atoms with Gasteiger partial charge in [0.15, 0.2) is 11.6 Å². The topological polar surface area (TPSA) is 67.2 Å². The number of nitrogens with zero attached hydrogens (tertiary/aromatic N) is 1. The van der Waals surface area contributed by atoms with Crippen LogP contribution in [-0.2, 0) is 6.54 Å². The van der Waals surface area contributed by atoms with Crippen LogP contribution in [0.2, 0.25) is 0 Å². The highest BCUT2D eigenvalue weighted by atomic mass is 19.1. The third kappa shape index (κ3) is 3.51. The molecule has 0 radical (unpaired) electrons. The monoisotopic (exact) mass is 303 g/mol. The summed E-state index contributed by atoms with van der Waals surface area (Å²) in [5, 5.41) is 6.04. The maximum atomic E-state index is 12.8. The van der Waals surface area contributed by atoms with E-state index in [0.29, 0.717) is 12.4 Å². The zero-order valence-corrected chi connectivity index (χ0v) is 12.1. The first-order valence-electron chi connectivity index (χ1n) is 7.41. The minimum absolute atomic E-state index is 0.229. The molecule has 1 saturated heterocycles. The van der Waals surface area contributed by atoms with E-state index in [-0.39, 0.29) is 23.3 Å². The number of amides is 1. The van der Waals surface area contributed by atoms with Crippen LogP contribution in [0.25, 0.3) is 0 Å². The third-order valence-electron chi connectivity index (χ3n) is 3.77. The molecule has 1 aliphatic rings. The van der Waals surface area contributed by atoms with Crippen molar-refractivity contribution in [2.24, 2.45) is 0 Å². The van der Waals surface area contributed by atoms with E-state index in [1.807, 2.05) is 0 Å². The van der Waals surface area contributed by atoms with Gasteiger partial charge in [0.25, 0.3) is 5.91 Å². The number of oxazole rings is 1. The fraction of sp³-hybridized carbons (Fsp3) is 0.375. The van der Waals surface area contributed by atoms with Crippen LogP contribution in [0.3, 0.4) is 0 Å². The molecule has 1 amide bonds. The zero-order valence-electron chi connectivity index (χ0n) is 12.1. The van der Waals surface area contributed by atoms with Crippen LogP contribution in [0.15, 0.2) is 34.9 Å². The molecule has 116 valence electrons. The van der Waals surface area contributed by atoms with E-state index in [1.54, 1.807) is 12.1 Å². The van der Waals surface area contributed by atoms with E-state index in [2.05, 4.69) is 15.6 Å². The highest BCUT2D eigenvalue weighted by Crippen LogP contribution is 2.22. The quantitative estimate of drug-likeness (QED) is 0.909. The number of rotatable bonds is 4. The van der Waals surface area contributed by atoms with Crippen molar-refractivity contribution < 1.29 is 13.6 Å². The molecule has 22 heavy (non-hydrogen) atoms. The smallest absolute Gasteiger partial charge is 0.273 e. The molecular formula is C16H18FN3O2. The second-order valence-electron chi connectivity index (χ2n) is 5.42. The molecule has 0 bridgehead atoms. The Kier molecular flexibility index (Phi) is 4.48. The number of benzene rings is 1. The third-order valence-corrected chi connectivity index (χ3v) is 3.77. The number of halogens is 1. The molecular weight excluding hydrogens is 285 g/mol. The number of hydrogen-bond acceptors (Lipinski definition) is 4. The summed E-state index contributed by atoms with van der Waals surface area (Å²) in [5.74, 6) is 0.256. The molecule has 1 atom stereocenters. The molecule has 1 unspecified atom stereocenters. The van der Waals surface area contributed by atoms with Crippen molar-refractivity contribution in [2.45, 2.75) is 25.3 Å². The van der Waals surface area contributed by atoms with Gasteiger partial charge in [0.2, 0.25) is 0 Å². The van der Waals surface area contributed by atoms with Gasteiger partial charge < -0.3 is 15.1 Å². The van der Waals surface area contributed by atoms with Gasteiger partial charge in [0, 0.05) is 19.0 Å². The maximum Gasteiger partial charge on any atom is 0.273 e. The van der Waals surface area contributed by atoms with Crippen LogP contribution in [0.5, 0.6) is 0 Å². The van der Waals surface area contributed by atoms with Gasteiger partial charge in [0.05, 0.1) is 0 Å². The van der Waals surface area contributed by atoms with Crippen LogP contribution in [0, 0.1) is 5.82 Å². The number of aromatic nitrogens is 1. The highest BCUT2D eigenvalue weighted by Gasteiger charge is 2.21. The molecule has 1 fully saturated rings. The average Bonchev–Trinajstić information content (AvgIpc) is 3.05. The van der Waals surface area contributed by atoms with Gasteiger partial charge in [-0.2, -0.15) is 0 Å². The van der Waals surface area contributed by atoms with Crippen LogP contribution >= 0.6 is 0 Å². The Morgan fingerprint density at radius 1 is 1.41 bits per heavy atom. The summed E-state index contributed by atoms with van der Waals surface area (Å²) < 4.78 is 18.2. The molecule has 2 aromatic rings. The van der Waals surface area contributed by atoms with E-state index in [4.69, 9.17) is 4.42 Å². The van der Waals surface area contributed by atoms with Crippen molar-refractivity contribution in [1.82, 2.24) is 15.6 Å². The van der Waals surface area contributed by atoms with E-state index < -0.39 is 0 Å². The van der Waals surface area contributed by atoms with Crippen molar-refractivity contribution in [3.8, 4) is 0 Å². The summed E-state index contributed by atoms with van der Waals surface area (Å²) in [7, 11) is 0. The van der Waals surface area contributed by atoms with E-state index >= 15 is 0 Å². The van der Waals surface area contributed by atoms with Crippen LogP contribution in [0.1, 0.15) is 40.7 Å². The van der Waals surface area contributed by atoms with Gasteiger partial charge in [-0.15, -0.1) is 0 Å². The maximum absolute atomic E-state index is 12.8. The SMILES string of the molecule is O=C(NCc1ccc(F)cc1)c1coc(C2CCCNC2)n1. The summed E-state index contributed by atoms with van der Waals surface area (Å²) in [6.07, 6.45) is 3.49. The summed E-state index contributed by atoms with van der Waals surface area (Å²) in [4.78, 5) is 16.3. The largest absolute Gasteiger partial charge is 0.448 e. The molecule has 5 nitrogen and oxygen atoms in total. The number of carbonyl (C=O) groups is 1. The van der Waals surface area contributed by atoms with Gasteiger partial charge in [0.1, 0.15) is 12.1 Å². The molecule has 2 heterocycles. The Labute approximate surface area is 127 Å². The van der Waals surface area contributed by atoms with Crippen molar-refractivity contribution in [3.05, 3.63) is 53.5 Å². The molecule has 0 spiro atoms. The fourth-order valence-corrected chi connectivity index (χ4v) is 2.52. The second kappa shape index (κ2) is 6.70. The van der Waals surface area contributed by atoms with E-state index in [9.17, 15) is 9.18 Å². The lowest BCUT2D eigenvalue weighted by atomic mass is 10.00. The first kappa shape index (κ1) is 14.7. The first-order valence-corrected chi connectivity index (χ1v) is 7.41. The second-order valence-corrected chi connectivity index (χ2v) is 5.42. The number of hydrogen-bond donors (Lipinski definition) is 2. The van der Waals surface area contributed by atoms with Gasteiger partial charge in [-0.25, -0.2) is 9.37 Å². The number of nitrogens with one attached hydrogen (secondary N) is 2. The van der Waals surface area contributed by atoms with Gasteiger partial charge in [-0.1, -0.05) is 12.1 Å². The molecule has 0 aliphatic carbocycles. The van der Waals surface area contributed by atoms with Crippen molar-refractivity contribution in [1.29, 1.82) is 0 Å². The summed E-state index contributed by atoms with van der Waals surface area (Å²) in [5.41, 5.74) is 1.11. The number of piperidine rings is 1. The Morgan fingerprint density at radius 3 is 2.95 bits per heavy atom. The molecule has 2 N–H and O–H groups in total. The van der Waals surface area contributed by atoms with E-state index in [1.165, 1.54) is 18.4 Å². The van der Waals surface area contributed by atoms with Crippen LogP contribution in [0.4, 0.5) is 4.39 Å². The van der Waals surface area contributed by atoms with Crippen LogP contribution in [-0.4, -0.2) is 24.0 Å². The highest BCUT2D eigenvalue weighted by molar-refractivity contribution is 5.91. The molecule has 1 aromatic heterocycles. The average molecular weight is 303 g/mol.